The van der Waals surface area contributed by atoms with Gasteiger partial charge in [-0.1, -0.05) is 6.07 Å². The Bertz CT molecular complexity index is 604. The number of hydrogen-bond donors (Lipinski definition) is 1. The molecule has 18 heavy (non-hydrogen) atoms. The lowest BCUT2D eigenvalue weighted by Crippen LogP contribution is -2.09. The smallest absolute Gasteiger partial charge is 0.444 e. The van der Waals surface area contributed by atoms with Gasteiger partial charge in [0.15, 0.2) is 5.65 Å². The van der Waals surface area contributed by atoms with E-state index in [1.807, 2.05) is 0 Å². The van der Waals surface area contributed by atoms with E-state index in [9.17, 15) is 17.6 Å². The van der Waals surface area contributed by atoms with Gasteiger partial charge >= 0.3 is 6.18 Å². The molecule has 0 unspecified atom stereocenters. The molecule has 0 aliphatic rings. The zero-order valence-corrected chi connectivity index (χ0v) is 8.65. The van der Waals surface area contributed by atoms with E-state index in [0.717, 1.165) is 4.52 Å². The summed E-state index contributed by atoms with van der Waals surface area (Å²) in [7, 11) is 0. The first-order chi connectivity index (χ1) is 8.38. The normalized spacial score (nSPS) is 13.0. The fourth-order valence-electron chi connectivity index (χ4n) is 1.17. The van der Waals surface area contributed by atoms with Crippen LogP contribution in [-0.4, -0.2) is 20.8 Å². The number of halogens is 4. The van der Waals surface area contributed by atoms with Gasteiger partial charge in [0.1, 0.15) is 6.26 Å². The highest BCUT2D eigenvalue weighted by atomic mass is 19.4. The lowest BCUT2D eigenvalue weighted by molar-refractivity contribution is -0.110. The summed E-state index contributed by atoms with van der Waals surface area (Å²) in [5, 5.41) is 3.68. The molecule has 2 N–H and O–H groups in total. The van der Waals surface area contributed by atoms with Gasteiger partial charge in [0, 0.05) is 6.07 Å². The monoisotopic (exact) mass is 262 g/mol. The molecule has 9 heteroatoms. The predicted molar refractivity (Wildman–Crippen MR) is 53.3 cm³/mol. The second-order valence-corrected chi connectivity index (χ2v) is 3.19. The zero-order valence-electron chi connectivity index (χ0n) is 8.65. The number of nitrogen functional groups attached to an aromatic ring is 1. The number of ether oxygens (including phenoxy) is 1. The van der Waals surface area contributed by atoms with Crippen molar-refractivity contribution in [3.63, 3.8) is 0 Å². The van der Waals surface area contributed by atoms with Crippen molar-refractivity contribution in [2.75, 3.05) is 5.73 Å². The van der Waals surface area contributed by atoms with Crippen molar-refractivity contribution in [1.29, 1.82) is 0 Å². The topological polar surface area (TPSA) is 65.4 Å². The van der Waals surface area contributed by atoms with Crippen LogP contribution in [0.4, 0.5) is 23.5 Å². The summed E-state index contributed by atoms with van der Waals surface area (Å²) in [6.07, 6.45) is -5.14. The van der Waals surface area contributed by atoms with Gasteiger partial charge in [-0.3, -0.25) is 0 Å². The summed E-state index contributed by atoms with van der Waals surface area (Å²) >= 11 is 0. The van der Waals surface area contributed by atoms with E-state index in [-0.39, 0.29) is 23.7 Å². The molecular weight excluding hydrogens is 256 g/mol. The lowest BCUT2D eigenvalue weighted by atomic mass is 10.5. The Balaban J connectivity index is 2.33. The highest BCUT2D eigenvalue weighted by Gasteiger charge is 2.35. The number of hydrogen-bond acceptors (Lipinski definition) is 4. The van der Waals surface area contributed by atoms with Crippen molar-refractivity contribution in [2.45, 2.75) is 6.18 Å². The zero-order chi connectivity index (χ0) is 13.3. The Morgan fingerprint density at radius 2 is 2.11 bits per heavy atom. The maximum absolute atomic E-state index is 12.5. The third-order valence-electron chi connectivity index (χ3n) is 1.90. The average Bonchev–Trinajstić information content (AvgIpc) is 2.65. The number of allylic oxidation sites excluding steroid dienone is 1. The van der Waals surface area contributed by atoms with Crippen LogP contribution in [0, 0.1) is 0 Å². The molecule has 2 aromatic heterocycles. The molecule has 0 aliphatic carbocycles. The third kappa shape index (κ3) is 2.34. The molecule has 0 atom stereocenters. The Morgan fingerprint density at radius 3 is 2.78 bits per heavy atom. The highest BCUT2D eigenvalue weighted by Crippen LogP contribution is 2.26. The molecule has 0 aliphatic heterocycles. The molecule has 0 bridgehead atoms. The van der Waals surface area contributed by atoms with Gasteiger partial charge in [-0.05, 0) is 6.07 Å². The Morgan fingerprint density at radius 1 is 1.39 bits per heavy atom. The molecule has 0 fully saturated rings. The van der Waals surface area contributed by atoms with Crippen LogP contribution in [0.5, 0.6) is 5.88 Å². The number of pyridine rings is 1. The second-order valence-electron chi connectivity index (χ2n) is 3.19. The molecule has 5 nitrogen and oxygen atoms in total. The first-order valence-electron chi connectivity index (χ1n) is 4.59. The van der Waals surface area contributed by atoms with E-state index in [1.54, 1.807) is 0 Å². The first kappa shape index (κ1) is 12.1. The summed E-state index contributed by atoms with van der Waals surface area (Å²) < 4.78 is 53.8. The number of alkyl halides is 3. The van der Waals surface area contributed by atoms with Crippen LogP contribution in [0.2, 0.25) is 0 Å². The van der Waals surface area contributed by atoms with E-state index in [0.29, 0.717) is 0 Å². The van der Waals surface area contributed by atoms with E-state index >= 15 is 0 Å². The van der Waals surface area contributed by atoms with Gasteiger partial charge in [0.2, 0.25) is 17.7 Å². The standard InChI is InChI=1S/C9H6F4N4O/c10-5(9(11,12)13)4-18-7-3-1-2-6-15-8(14)16-17(6)7/h1-4H,(H2,14,16)/b5-4-. The maximum atomic E-state index is 12.5. The van der Waals surface area contributed by atoms with Crippen molar-refractivity contribution in [3.8, 4) is 5.88 Å². The van der Waals surface area contributed by atoms with Gasteiger partial charge in [-0.25, -0.2) is 0 Å². The van der Waals surface area contributed by atoms with Crippen LogP contribution in [0.15, 0.2) is 30.3 Å². The van der Waals surface area contributed by atoms with Crippen LogP contribution < -0.4 is 10.5 Å². The minimum atomic E-state index is -5.09. The molecule has 0 amide bonds. The van der Waals surface area contributed by atoms with Crippen molar-refractivity contribution in [2.24, 2.45) is 0 Å². The predicted octanol–water partition coefficient (Wildman–Crippen LogP) is 2.06. The molecule has 0 radical (unpaired) electrons. The highest BCUT2D eigenvalue weighted by molar-refractivity contribution is 5.44. The number of nitrogens with two attached hydrogens (primary N) is 1. The van der Waals surface area contributed by atoms with Crippen molar-refractivity contribution < 1.29 is 22.3 Å². The number of rotatable bonds is 2. The molecule has 0 saturated heterocycles. The molecule has 96 valence electrons. The van der Waals surface area contributed by atoms with Gasteiger partial charge in [0.25, 0.3) is 0 Å². The van der Waals surface area contributed by atoms with Gasteiger partial charge in [0.05, 0.1) is 0 Å². The summed E-state index contributed by atoms with van der Waals surface area (Å²) in [5.41, 5.74) is 5.59. The minimum Gasteiger partial charge on any atom is -0.444 e. The Hall–Kier alpha value is -2.32. The largest absolute Gasteiger partial charge is 0.446 e. The molecular formula is C9H6F4N4O. The summed E-state index contributed by atoms with van der Waals surface area (Å²) in [4.78, 5) is 3.76. The van der Waals surface area contributed by atoms with E-state index < -0.39 is 12.0 Å². The molecule has 0 aromatic carbocycles. The molecule has 0 spiro atoms. The fraction of sp³-hybridized carbons (Fsp3) is 0.111. The van der Waals surface area contributed by atoms with Crippen LogP contribution in [0.1, 0.15) is 0 Å². The Kier molecular flexibility index (Phi) is 2.81. The van der Waals surface area contributed by atoms with Crippen molar-refractivity contribution in [1.82, 2.24) is 14.6 Å². The molecule has 2 aromatic rings. The van der Waals surface area contributed by atoms with Crippen LogP contribution >= 0.6 is 0 Å². The number of nitrogens with zero attached hydrogens (tertiary/aromatic N) is 3. The maximum Gasteiger partial charge on any atom is 0.446 e. The quantitative estimate of drug-likeness (QED) is 0.664. The third-order valence-corrected chi connectivity index (χ3v) is 1.90. The fourth-order valence-corrected chi connectivity index (χ4v) is 1.17. The summed E-state index contributed by atoms with van der Waals surface area (Å²) in [5.74, 6) is -2.57. The van der Waals surface area contributed by atoms with Crippen molar-refractivity contribution >= 4 is 11.6 Å². The van der Waals surface area contributed by atoms with Crippen molar-refractivity contribution in [3.05, 3.63) is 30.3 Å². The molecule has 2 heterocycles. The second kappa shape index (κ2) is 4.17. The van der Waals surface area contributed by atoms with Crippen LogP contribution in [-0.2, 0) is 0 Å². The van der Waals surface area contributed by atoms with Gasteiger partial charge < -0.3 is 10.5 Å². The SMILES string of the molecule is Nc1nc2cccc(O/C=C(\F)C(F)(F)F)n2n1. The number of anilines is 1. The number of fused-ring (bicyclic) bond motifs is 1. The lowest BCUT2D eigenvalue weighted by Gasteiger charge is -2.04. The van der Waals surface area contributed by atoms with Crippen LogP contribution in [0.25, 0.3) is 5.65 Å². The summed E-state index contributed by atoms with van der Waals surface area (Å²) in [6, 6.07) is 4.26. The molecule has 2 rings (SSSR count). The van der Waals surface area contributed by atoms with E-state index in [2.05, 4.69) is 14.8 Å². The molecule has 0 saturated carbocycles. The summed E-state index contributed by atoms with van der Waals surface area (Å²) in [6.45, 7) is 0. The van der Waals surface area contributed by atoms with Gasteiger partial charge in [-0.15, -0.1) is 5.10 Å². The van der Waals surface area contributed by atoms with Gasteiger partial charge in [-0.2, -0.15) is 27.1 Å². The minimum absolute atomic E-state index is 0.0490. The average molecular weight is 262 g/mol. The number of aromatic nitrogens is 3. The van der Waals surface area contributed by atoms with Crippen LogP contribution in [0.3, 0.4) is 0 Å². The Labute approximate surface area is 97.5 Å². The van der Waals surface area contributed by atoms with E-state index in [4.69, 9.17) is 5.73 Å². The van der Waals surface area contributed by atoms with E-state index in [1.165, 1.54) is 18.2 Å². The first-order valence-corrected chi connectivity index (χ1v) is 4.59.